The van der Waals surface area contributed by atoms with Gasteiger partial charge in [-0.2, -0.15) is 5.10 Å². The van der Waals surface area contributed by atoms with Gasteiger partial charge >= 0.3 is 5.97 Å². The van der Waals surface area contributed by atoms with E-state index in [0.717, 1.165) is 59.9 Å². The molecule has 0 amide bonds. The molecule has 0 fully saturated rings. The number of rotatable bonds is 5. The number of pyridine rings is 1. The molecule has 0 bridgehead atoms. The van der Waals surface area contributed by atoms with Crippen LogP contribution in [-0.4, -0.2) is 36.4 Å². The fourth-order valence-electron chi connectivity index (χ4n) is 4.55. The number of aromatic nitrogens is 4. The Hall–Kier alpha value is -3.49. The number of hydrogen-bond donors (Lipinski definition) is 1. The molecule has 9 heteroatoms. The molecular formula is C28H27ClN4O3S. The van der Waals surface area contributed by atoms with Crippen molar-refractivity contribution in [3.63, 3.8) is 0 Å². The summed E-state index contributed by atoms with van der Waals surface area (Å²) in [5, 5.41) is 15.5. The highest BCUT2D eigenvalue weighted by Gasteiger charge is 2.24. The Bertz CT molecular complexity index is 1700. The largest absolute Gasteiger partial charge is 0.487 e. The van der Waals surface area contributed by atoms with Crippen LogP contribution in [0.15, 0.2) is 36.4 Å². The minimum atomic E-state index is -0.903. The van der Waals surface area contributed by atoms with E-state index in [1.54, 1.807) is 12.1 Å². The molecule has 3 heterocycles. The Morgan fingerprint density at radius 3 is 2.59 bits per heavy atom. The van der Waals surface area contributed by atoms with E-state index in [9.17, 15) is 9.90 Å². The first kappa shape index (κ1) is 25.2. The molecule has 7 nitrogen and oxygen atoms in total. The van der Waals surface area contributed by atoms with E-state index in [1.807, 2.05) is 70.6 Å². The highest BCUT2D eigenvalue weighted by Crippen LogP contribution is 2.45. The maximum Gasteiger partial charge on any atom is 0.307 e. The van der Waals surface area contributed by atoms with E-state index in [2.05, 4.69) is 5.10 Å². The molecule has 0 aliphatic carbocycles. The van der Waals surface area contributed by atoms with Gasteiger partial charge in [0.25, 0.3) is 0 Å². The molecule has 0 radical (unpaired) electrons. The zero-order valence-electron chi connectivity index (χ0n) is 21.5. The van der Waals surface area contributed by atoms with Crippen molar-refractivity contribution in [3.8, 4) is 27.6 Å². The number of aliphatic carboxylic acids is 1. The summed E-state index contributed by atoms with van der Waals surface area (Å²) in [5.41, 5.74) is 6.85. The first-order chi connectivity index (χ1) is 17.4. The van der Waals surface area contributed by atoms with Crippen LogP contribution < -0.4 is 4.74 Å². The molecule has 37 heavy (non-hydrogen) atoms. The second-order valence-electron chi connectivity index (χ2n) is 10.1. The maximum atomic E-state index is 11.9. The van der Waals surface area contributed by atoms with Gasteiger partial charge in [0.15, 0.2) is 0 Å². The summed E-state index contributed by atoms with van der Waals surface area (Å²) >= 11 is 7.85. The molecule has 0 unspecified atom stereocenters. The predicted octanol–water partition coefficient (Wildman–Crippen LogP) is 6.99. The zero-order valence-corrected chi connectivity index (χ0v) is 23.1. The number of nitrogens with zero attached hydrogens (tertiary/aromatic N) is 4. The third kappa shape index (κ3) is 4.79. The monoisotopic (exact) mass is 534 g/mol. The van der Waals surface area contributed by atoms with Crippen molar-refractivity contribution in [1.29, 1.82) is 0 Å². The number of hydrogen-bond acceptors (Lipinski definition) is 6. The van der Waals surface area contributed by atoms with Crippen molar-refractivity contribution < 1.29 is 14.6 Å². The lowest BCUT2D eigenvalue weighted by atomic mass is 9.92. The van der Waals surface area contributed by atoms with Crippen molar-refractivity contribution in [1.82, 2.24) is 19.7 Å². The Morgan fingerprint density at radius 2 is 1.89 bits per heavy atom. The van der Waals surface area contributed by atoms with Gasteiger partial charge in [0, 0.05) is 23.2 Å². The average molecular weight is 535 g/mol. The van der Waals surface area contributed by atoms with Crippen molar-refractivity contribution >= 4 is 50.2 Å². The number of carbonyl (C=O) groups is 1. The Kier molecular flexibility index (Phi) is 6.20. The molecule has 0 saturated heterocycles. The van der Waals surface area contributed by atoms with Crippen molar-refractivity contribution in [3.05, 3.63) is 58.2 Å². The van der Waals surface area contributed by atoms with Crippen LogP contribution >= 0.6 is 22.9 Å². The number of fused-ring (bicyclic) bond motifs is 2. The van der Waals surface area contributed by atoms with E-state index in [-0.39, 0.29) is 6.42 Å². The highest BCUT2D eigenvalue weighted by molar-refractivity contribution is 7.22. The Labute approximate surface area is 223 Å². The molecule has 0 atom stereocenters. The topological polar surface area (TPSA) is 90.1 Å². The minimum Gasteiger partial charge on any atom is -0.487 e. The third-order valence-corrected chi connectivity index (χ3v) is 7.40. The fraction of sp³-hybridized carbons (Fsp3) is 0.286. The first-order valence-corrected chi connectivity index (χ1v) is 13.0. The van der Waals surface area contributed by atoms with Crippen LogP contribution in [0, 0.1) is 13.8 Å². The normalized spacial score (nSPS) is 12.0. The van der Waals surface area contributed by atoms with Crippen molar-refractivity contribution in [2.45, 2.75) is 46.6 Å². The van der Waals surface area contributed by atoms with Crippen LogP contribution in [0.5, 0.6) is 5.75 Å². The molecule has 2 aromatic carbocycles. The van der Waals surface area contributed by atoms with Gasteiger partial charge in [0.1, 0.15) is 21.9 Å². The van der Waals surface area contributed by atoms with Gasteiger partial charge in [-0.25, -0.2) is 9.97 Å². The molecule has 0 spiro atoms. The standard InChI is InChI=1S/C28H27ClN4O3S/c1-14-11-20-26(37-27(31-20)19-9-10-21-25(30-19)15(2)32-33(21)6)24(18(14)13-23(34)35)17-8-7-16(29)12-22(17)36-28(3,4)5/h7-12H,13H2,1-6H3,(H,34,35). The first-order valence-electron chi connectivity index (χ1n) is 11.9. The van der Waals surface area contributed by atoms with Gasteiger partial charge in [-0.1, -0.05) is 11.6 Å². The molecule has 190 valence electrons. The van der Waals surface area contributed by atoms with Crippen LogP contribution in [0.1, 0.15) is 37.6 Å². The van der Waals surface area contributed by atoms with Crippen molar-refractivity contribution in [2.24, 2.45) is 7.05 Å². The van der Waals surface area contributed by atoms with Gasteiger partial charge in [-0.15, -0.1) is 11.3 Å². The summed E-state index contributed by atoms with van der Waals surface area (Å²) in [5.74, 6) is -0.307. The number of carboxylic acids is 1. The SMILES string of the molecule is Cc1cc2nc(-c3ccc4c(n3)c(C)nn4C)sc2c(-c2ccc(Cl)cc2OC(C)(C)C)c1CC(=O)O. The summed E-state index contributed by atoms with van der Waals surface area (Å²) in [6, 6.07) is 11.4. The highest BCUT2D eigenvalue weighted by atomic mass is 35.5. The lowest BCUT2D eigenvalue weighted by Gasteiger charge is -2.24. The maximum absolute atomic E-state index is 11.9. The summed E-state index contributed by atoms with van der Waals surface area (Å²) in [6.45, 7) is 9.76. The van der Waals surface area contributed by atoms with E-state index in [4.69, 9.17) is 26.3 Å². The smallest absolute Gasteiger partial charge is 0.307 e. The molecule has 0 saturated carbocycles. The fourth-order valence-corrected chi connectivity index (χ4v) is 5.81. The summed E-state index contributed by atoms with van der Waals surface area (Å²) in [6.07, 6.45) is -0.124. The second kappa shape index (κ2) is 9.11. The molecule has 1 N–H and O–H groups in total. The summed E-state index contributed by atoms with van der Waals surface area (Å²) in [4.78, 5) is 21.7. The third-order valence-electron chi connectivity index (χ3n) is 6.05. The minimum absolute atomic E-state index is 0.124. The van der Waals surface area contributed by atoms with Crippen LogP contribution in [-0.2, 0) is 18.3 Å². The molecule has 3 aromatic heterocycles. The van der Waals surface area contributed by atoms with Gasteiger partial charge in [0.2, 0.25) is 0 Å². The number of benzene rings is 2. The number of carboxylic acid groups (broad SMARTS) is 1. The lowest BCUT2D eigenvalue weighted by Crippen LogP contribution is -2.23. The number of thiazole rings is 1. The van der Waals surface area contributed by atoms with Gasteiger partial charge < -0.3 is 9.84 Å². The molecule has 0 aliphatic rings. The van der Waals surface area contributed by atoms with Crippen molar-refractivity contribution in [2.75, 3.05) is 0 Å². The van der Waals surface area contributed by atoms with E-state index < -0.39 is 11.6 Å². The Balaban J connectivity index is 1.79. The van der Waals surface area contributed by atoms with E-state index in [0.29, 0.717) is 10.8 Å². The second-order valence-corrected chi connectivity index (χ2v) is 11.5. The summed E-state index contributed by atoms with van der Waals surface area (Å²) in [7, 11) is 1.90. The quantitative estimate of drug-likeness (QED) is 0.261. The van der Waals surface area contributed by atoms with Crippen LogP contribution in [0.3, 0.4) is 0 Å². The molecule has 5 rings (SSSR count). The van der Waals surface area contributed by atoms with Gasteiger partial charge in [-0.3, -0.25) is 9.48 Å². The number of halogens is 1. The van der Waals surface area contributed by atoms with E-state index in [1.165, 1.54) is 11.3 Å². The number of ether oxygens (including phenoxy) is 1. The van der Waals surface area contributed by atoms with Gasteiger partial charge in [0.05, 0.1) is 33.5 Å². The van der Waals surface area contributed by atoms with Crippen LogP contribution in [0.25, 0.3) is 43.1 Å². The molecule has 5 aromatic rings. The summed E-state index contributed by atoms with van der Waals surface area (Å²) < 4.78 is 9.00. The zero-order chi connectivity index (χ0) is 26.6. The van der Waals surface area contributed by atoms with Gasteiger partial charge in [-0.05, 0) is 82.1 Å². The Morgan fingerprint density at radius 1 is 1.14 bits per heavy atom. The number of aryl methyl sites for hydroxylation is 3. The molecular weight excluding hydrogens is 508 g/mol. The van der Waals surface area contributed by atoms with E-state index >= 15 is 0 Å². The average Bonchev–Trinajstić information content (AvgIpc) is 3.34. The van der Waals surface area contributed by atoms with Crippen LogP contribution in [0.4, 0.5) is 0 Å². The van der Waals surface area contributed by atoms with Crippen LogP contribution in [0.2, 0.25) is 5.02 Å². The molecule has 0 aliphatic heterocycles. The predicted molar refractivity (Wildman–Crippen MR) is 149 cm³/mol. The lowest BCUT2D eigenvalue weighted by molar-refractivity contribution is -0.136.